The highest BCUT2D eigenvalue weighted by Gasteiger charge is 2.45. The SMILES string of the molecule is C=[P+](CCN1CCNCC1)NC(=O)C1(NC(=O)OC(C)(C)C)CCN(c2ncnc3[nH]ccc23)CC1.CC.Clc1ccccc1. The summed E-state index contributed by atoms with van der Waals surface area (Å²) in [6.07, 6.45) is 8.68. The van der Waals surface area contributed by atoms with Crippen molar-refractivity contribution in [3.63, 3.8) is 0 Å². The van der Waals surface area contributed by atoms with E-state index in [1.165, 1.54) is 6.33 Å². The molecule has 45 heavy (non-hydrogen) atoms. The zero-order valence-electron chi connectivity index (χ0n) is 27.2. The summed E-state index contributed by atoms with van der Waals surface area (Å²) < 4.78 is 5.51. The number of halogens is 1. The minimum absolute atomic E-state index is 0.191. The lowest BCUT2D eigenvalue weighted by molar-refractivity contribution is -0.126. The second-order valence-corrected chi connectivity index (χ2v) is 13.9. The van der Waals surface area contributed by atoms with Crippen molar-refractivity contribution in [2.24, 2.45) is 0 Å². The van der Waals surface area contributed by atoms with Crippen LogP contribution in [0.4, 0.5) is 10.6 Å². The molecule has 11 nitrogen and oxygen atoms in total. The molecule has 2 saturated heterocycles. The highest BCUT2D eigenvalue weighted by Crippen LogP contribution is 2.31. The van der Waals surface area contributed by atoms with E-state index in [1.54, 1.807) is 0 Å². The molecule has 2 aliphatic heterocycles. The van der Waals surface area contributed by atoms with E-state index in [4.69, 9.17) is 16.3 Å². The number of piperidine rings is 1. The summed E-state index contributed by atoms with van der Waals surface area (Å²) in [5.41, 5.74) is -0.962. The van der Waals surface area contributed by atoms with Crippen molar-refractivity contribution in [1.82, 2.24) is 35.6 Å². The van der Waals surface area contributed by atoms with Crippen LogP contribution in [0.2, 0.25) is 5.02 Å². The van der Waals surface area contributed by atoms with Crippen LogP contribution in [0.5, 0.6) is 0 Å². The molecule has 2 aliphatic rings. The summed E-state index contributed by atoms with van der Waals surface area (Å²) in [4.78, 5) is 42.8. The lowest BCUT2D eigenvalue weighted by atomic mass is 9.86. The molecule has 0 radical (unpaired) electrons. The largest absolute Gasteiger partial charge is 0.444 e. The van der Waals surface area contributed by atoms with Gasteiger partial charge in [0.15, 0.2) is 0 Å². The predicted octanol–water partition coefficient (Wildman–Crippen LogP) is 5.04. The Hall–Kier alpha value is -3.24. The minimum Gasteiger partial charge on any atom is -0.444 e. The van der Waals surface area contributed by atoms with Crippen molar-refractivity contribution in [2.45, 2.75) is 58.6 Å². The predicted molar refractivity (Wildman–Crippen MR) is 187 cm³/mol. The van der Waals surface area contributed by atoms with Gasteiger partial charge in [0, 0.05) is 57.0 Å². The van der Waals surface area contributed by atoms with E-state index in [-0.39, 0.29) is 5.91 Å². The topological polar surface area (TPSA) is 128 Å². The van der Waals surface area contributed by atoms with Crippen molar-refractivity contribution >= 4 is 54.4 Å². The van der Waals surface area contributed by atoms with Crippen molar-refractivity contribution in [3.8, 4) is 0 Å². The molecule has 2 aromatic heterocycles. The second-order valence-electron chi connectivity index (χ2n) is 11.7. The molecule has 1 unspecified atom stereocenters. The maximum atomic E-state index is 13.6. The molecule has 3 aromatic rings. The number of anilines is 1. The number of hydrogen-bond donors (Lipinski definition) is 4. The maximum Gasteiger partial charge on any atom is 0.408 e. The number of nitrogens with one attached hydrogen (secondary N) is 4. The Labute approximate surface area is 273 Å². The van der Waals surface area contributed by atoms with Gasteiger partial charge < -0.3 is 25.3 Å². The third-order valence-corrected chi connectivity index (χ3v) is 8.82. The number of alkyl carbamates (subject to hydrolysis) is 1. The van der Waals surface area contributed by atoms with Gasteiger partial charge in [-0.1, -0.05) is 43.6 Å². The summed E-state index contributed by atoms with van der Waals surface area (Å²) in [5.74, 6) is 0.631. The Morgan fingerprint density at radius 1 is 1.07 bits per heavy atom. The molecular formula is C32H49ClN8O3P+. The molecule has 5 rings (SSSR count). The van der Waals surface area contributed by atoms with Gasteiger partial charge in [0.2, 0.25) is 7.70 Å². The number of amides is 2. The van der Waals surface area contributed by atoms with Crippen LogP contribution in [0.25, 0.3) is 11.0 Å². The Morgan fingerprint density at radius 3 is 2.33 bits per heavy atom. The fourth-order valence-electron chi connectivity index (χ4n) is 5.04. The summed E-state index contributed by atoms with van der Waals surface area (Å²) in [6, 6.07) is 11.4. The molecule has 0 spiro atoms. The van der Waals surface area contributed by atoms with Crippen molar-refractivity contribution < 1.29 is 14.3 Å². The maximum absolute atomic E-state index is 13.6. The lowest BCUT2D eigenvalue weighted by Gasteiger charge is -2.41. The van der Waals surface area contributed by atoms with E-state index < -0.39 is 24.9 Å². The molecule has 1 atom stereocenters. The molecule has 1 aromatic carbocycles. The number of nitrogens with zero attached hydrogens (tertiary/aromatic N) is 4. The van der Waals surface area contributed by atoms with Crippen molar-refractivity contribution in [3.05, 3.63) is 53.9 Å². The molecule has 4 heterocycles. The third kappa shape index (κ3) is 11.3. The number of H-pyrrole nitrogens is 1. The van der Waals surface area contributed by atoms with Crippen LogP contribution in [0.15, 0.2) is 48.9 Å². The fourth-order valence-corrected chi connectivity index (χ4v) is 6.32. The first-order valence-corrected chi connectivity index (χ1v) is 17.7. The number of piperazine rings is 1. The molecule has 13 heteroatoms. The van der Waals surface area contributed by atoms with Gasteiger partial charge >= 0.3 is 6.09 Å². The Balaban J connectivity index is 0.000000534. The lowest BCUT2D eigenvalue weighted by Crippen LogP contribution is -2.63. The second kappa shape index (κ2) is 17.5. The highest BCUT2D eigenvalue weighted by atomic mass is 35.5. The van der Waals surface area contributed by atoms with E-state index >= 15 is 0 Å². The molecule has 2 amide bonds. The number of fused-ring (bicyclic) bond motifs is 1. The van der Waals surface area contributed by atoms with E-state index in [0.717, 1.165) is 60.8 Å². The van der Waals surface area contributed by atoms with Gasteiger partial charge in [-0.25, -0.2) is 14.8 Å². The molecule has 0 aliphatic carbocycles. The number of carbonyl (C=O) groups is 2. The zero-order chi connectivity index (χ0) is 32.9. The van der Waals surface area contributed by atoms with Crippen molar-refractivity contribution in [2.75, 3.05) is 56.9 Å². The number of rotatable bonds is 7. The van der Waals surface area contributed by atoms with E-state index in [0.29, 0.717) is 25.9 Å². The van der Waals surface area contributed by atoms with Gasteiger partial charge in [0.05, 0.1) is 11.7 Å². The average Bonchev–Trinajstić information content (AvgIpc) is 3.51. The van der Waals surface area contributed by atoms with Crippen LogP contribution in [0.3, 0.4) is 0 Å². The average molecular weight is 660 g/mol. The van der Waals surface area contributed by atoms with Gasteiger partial charge in [-0.2, -0.15) is 5.09 Å². The number of carbonyl (C=O) groups excluding carboxylic acids is 2. The zero-order valence-corrected chi connectivity index (χ0v) is 28.9. The number of aromatic amines is 1. The van der Waals surface area contributed by atoms with E-state index in [9.17, 15) is 9.59 Å². The number of aromatic nitrogens is 3. The first-order valence-electron chi connectivity index (χ1n) is 15.6. The van der Waals surface area contributed by atoms with Gasteiger partial charge in [-0.15, -0.1) is 0 Å². The number of benzene rings is 1. The number of hydrogen-bond acceptors (Lipinski definition) is 8. The summed E-state index contributed by atoms with van der Waals surface area (Å²) >= 11 is 5.54. The van der Waals surface area contributed by atoms with Crippen LogP contribution >= 0.6 is 19.3 Å². The first-order chi connectivity index (χ1) is 21.5. The smallest absolute Gasteiger partial charge is 0.408 e. The Bertz CT molecular complexity index is 1370. The normalized spacial score (nSPS) is 16.8. The van der Waals surface area contributed by atoms with E-state index in [2.05, 4.69) is 46.8 Å². The summed E-state index contributed by atoms with van der Waals surface area (Å²) in [7, 11) is -0.967. The van der Waals surface area contributed by atoms with Crippen LogP contribution in [0.1, 0.15) is 47.5 Å². The van der Waals surface area contributed by atoms with Crippen LogP contribution in [-0.4, -0.2) is 101 Å². The van der Waals surface area contributed by atoms with Crippen LogP contribution < -0.4 is 20.6 Å². The molecule has 4 N–H and O–H groups in total. The van der Waals surface area contributed by atoms with Crippen molar-refractivity contribution in [1.29, 1.82) is 0 Å². The first kappa shape index (κ1) is 36.2. The molecule has 246 valence electrons. The minimum atomic E-state index is -1.07. The Morgan fingerprint density at radius 2 is 1.73 bits per heavy atom. The van der Waals surface area contributed by atoms with Gasteiger partial charge in [-0.3, -0.25) is 9.69 Å². The molecule has 0 saturated carbocycles. The fraction of sp³-hybridized carbons (Fsp3) is 0.531. The molecular weight excluding hydrogens is 611 g/mol. The highest BCUT2D eigenvalue weighted by molar-refractivity contribution is 7.54. The quantitative estimate of drug-likeness (QED) is 0.260. The van der Waals surface area contributed by atoms with Crippen LogP contribution in [-0.2, 0) is 9.53 Å². The van der Waals surface area contributed by atoms with Gasteiger partial charge in [0.25, 0.3) is 5.91 Å². The van der Waals surface area contributed by atoms with Gasteiger partial charge in [-0.05, 0) is 51.8 Å². The third-order valence-electron chi connectivity index (χ3n) is 7.31. The molecule has 2 fully saturated rings. The van der Waals surface area contributed by atoms with Crippen LogP contribution in [0, 0.1) is 0 Å². The summed E-state index contributed by atoms with van der Waals surface area (Å²) in [5, 5.41) is 11.1. The monoisotopic (exact) mass is 659 g/mol. The Kier molecular flexibility index (Phi) is 14.1. The summed E-state index contributed by atoms with van der Waals surface area (Å²) in [6.45, 7) is 15.4. The number of ether oxygens (including phenoxy) is 1. The standard InChI is InChI=1S/C24H37N8O3P.C6H5Cl.C2H6/c1-23(2,3)35-22(34)29-24(21(33)30-36(4)16-15-31-13-9-25-10-14-31)6-11-32(12-7-24)20-18-5-8-26-19(18)27-17-28-20;7-6-4-2-1-3-5-6;1-2/h5,8,17,25H,4,6-7,9-16H2,1-3H3,(H2-,26,27,28,29,30,33,34);1-5H;1-2H3/p+1. The molecule has 0 bridgehead atoms. The van der Waals surface area contributed by atoms with E-state index in [1.807, 2.05) is 77.2 Å². The van der Waals surface area contributed by atoms with Gasteiger partial charge in [0.1, 0.15) is 35.1 Å².